The fourth-order valence-electron chi connectivity index (χ4n) is 1.81. The van der Waals surface area contributed by atoms with Crippen LogP contribution in [0.5, 0.6) is 5.75 Å². The second-order valence-corrected chi connectivity index (χ2v) is 5.19. The van der Waals surface area contributed by atoms with Crippen molar-refractivity contribution in [2.75, 3.05) is 12.4 Å². The highest BCUT2D eigenvalue weighted by molar-refractivity contribution is 6.35. The number of aromatic nitrogens is 1. The van der Waals surface area contributed by atoms with Crippen LogP contribution in [-0.2, 0) is 7.05 Å². The first-order valence-corrected chi connectivity index (χ1v) is 6.68. The van der Waals surface area contributed by atoms with Crippen molar-refractivity contribution in [1.29, 1.82) is 0 Å². The standard InChI is InChI=1S/C14H12Cl2N2O3/c1-18-7-13(21-2)12(19)6-11(18)14(20)17-10-4-8(15)3-9(16)5-10/h3-7H,1-2H3,(H,17,20). The van der Waals surface area contributed by atoms with Gasteiger partial charge < -0.3 is 14.6 Å². The number of nitrogens with one attached hydrogen (secondary N) is 1. The quantitative estimate of drug-likeness (QED) is 0.943. The Morgan fingerprint density at radius 2 is 1.81 bits per heavy atom. The molecule has 0 bridgehead atoms. The fourth-order valence-corrected chi connectivity index (χ4v) is 2.33. The lowest BCUT2D eigenvalue weighted by Gasteiger charge is -2.11. The van der Waals surface area contributed by atoms with Crippen LogP contribution in [0.3, 0.4) is 0 Å². The molecule has 2 aromatic rings. The van der Waals surface area contributed by atoms with Crippen LogP contribution in [0, 0.1) is 0 Å². The first kappa shape index (κ1) is 15.4. The number of nitrogens with zero attached hydrogens (tertiary/aromatic N) is 1. The molecule has 0 atom stereocenters. The lowest BCUT2D eigenvalue weighted by molar-refractivity contribution is 0.101. The third-order valence-corrected chi connectivity index (χ3v) is 3.21. The van der Waals surface area contributed by atoms with Crippen molar-refractivity contribution in [2.24, 2.45) is 7.05 Å². The van der Waals surface area contributed by atoms with E-state index >= 15 is 0 Å². The number of aryl methyl sites for hydroxylation is 1. The third kappa shape index (κ3) is 3.56. The number of carbonyl (C=O) groups is 1. The molecule has 1 heterocycles. The van der Waals surface area contributed by atoms with E-state index in [0.717, 1.165) is 0 Å². The fraction of sp³-hybridized carbons (Fsp3) is 0.143. The van der Waals surface area contributed by atoms with E-state index in [-0.39, 0.29) is 16.9 Å². The number of hydrogen-bond acceptors (Lipinski definition) is 3. The first-order valence-electron chi connectivity index (χ1n) is 5.93. The second kappa shape index (κ2) is 6.20. The number of anilines is 1. The minimum absolute atomic E-state index is 0.167. The molecule has 1 aromatic heterocycles. The summed E-state index contributed by atoms with van der Waals surface area (Å²) in [6.45, 7) is 0. The number of halogens is 2. The van der Waals surface area contributed by atoms with Crippen LogP contribution in [-0.4, -0.2) is 17.6 Å². The Morgan fingerprint density at radius 3 is 2.38 bits per heavy atom. The lowest BCUT2D eigenvalue weighted by Crippen LogP contribution is -2.21. The topological polar surface area (TPSA) is 60.3 Å². The molecule has 1 amide bonds. The van der Waals surface area contributed by atoms with Crippen molar-refractivity contribution < 1.29 is 9.53 Å². The number of ether oxygens (including phenoxy) is 1. The van der Waals surface area contributed by atoms with Gasteiger partial charge in [-0.05, 0) is 18.2 Å². The van der Waals surface area contributed by atoms with Gasteiger partial charge in [0.25, 0.3) is 5.91 Å². The molecule has 1 N–H and O–H groups in total. The molecule has 7 heteroatoms. The van der Waals surface area contributed by atoms with Gasteiger partial charge in [0.05, 0.1) is 13.3 Å². The number of pyridine rings is 1. The van der Waals surface area contributed by atoms with Gasteiger partial charge in [-0.1, -0.05) is 23.2 Å². The molecule has 1 aromatic carbocycles. The molecule has 0 aliphatic heterocycles. The van der Waals surface area contributed by atoms with Gasteiger partial charge in [-0.2, -0.15) is 0 Å². The van der Waals surface area contributed by atoms with Crippen LogP contribution in [0.15, 0.2) is 35.3 Å². The summed E-state index contributed by atoms with van der Waals surface area (Å²) in [5.74, 6) is -0.282. The van der Waals surface area contributed by atoms with Gasteiger partial charge in [0, 0.05) is 28.8 Å². The average molecular weight is 327 g/mol. The maximum Gasteiger partial charge on any atom is 0.272 e. The van der Waals surface area contributed by atoms with Gasteiger partial charge >= 0.3 is 0 Å². The molecule has 0 saturated heterocycles. The molecular weight excluding hydrogens is 315 g/mol. The Morgan fingerprint density at radius 1 is 1.19 bits per heavy atom. The van der Waals surface area contributed by atoms with Crippen molar-refractivity contribution in [3.05, 3.63) is 56.4 Å². The summed E-state index contributed by atoms with van der Waals surface area (Å²) in [6, 6.07) is 5.89. The van der Waals surface area contributed by atoms with E-state index in [1.165, 1.54) is 23.9 Å². The number of methoxy groups -OCH3 is 1. The maximum atomic E-state index is 12.2. The van der Waals surface area contributed by atoms with E-state index in [4.69, 9.17) is 27.9 Å². The van der Waals surface area contributed by atoms with E-state index in [2.05, 4.69) is 5.32 Å². The number of benzene rings is 1. The molecule has 0 radical (unpaired) electrons. The number of carbonyl (C=O) groups excluding carboxylic acids is 1. The highest BCUT2D eigenvalue weighted by Gasteiger charge is 2.13. The normalized spacial score (nSPS) is 10.3. The largest absolute Gasteiger partial charge is 0.491 e. The van der Waals surface area contributed by atoms with Crippen molar-refractivity contribution in [3.8, 4) is 5.75 Å². The molecule has 0 fully saturated rings. The highest BCUT2D eigenvalue weighted by atomic mass is 35.5. The number of rotatable bonds is 3. The van der Waals surface area contributed by atoms with Crippen LogP contribution in [0.25, 0.3) is 0 Å². The Hall–Kier alpha value is -1.98. The van der Waals surface area contributed by atoms with E-state index in [1.54, 1.807) is 25.2 Å². The molecule has 0 unspecified atom stereocenters. The van der Waals surface area contributed by atoms with Gasteiger partial charge in [-0.15, -0.1) is 0 Å². The summed E-state index contributed by atoms with van der Waals surface area (Å²) < 4.78 is 6.41. The zero-order valence-electron chi connectivity index (χ0n) is 11.3. The maximum absolute atomic E-state index is 12.2. The van der Waals surface area contributed by atoms with Crippen LogP contribution in [0.4, 0.5) is 5.69 Å². The van der Waals surface area contributed by atoms with Crippen LogP contribution in [0.1, 0.15) is 10.5 Å². The van der Waals surface area contributed by atoms with Gasteiger partial charge in [0.2, 0.25) is 5.43 Å². The SMILES string of the molecule is COc1cn(C)c(C(=O)Nc2cc(Cl)cc(Cl)c2)cc1=O. The predicted octanol–water partition coefficient (Wildman–Crippen LogP) is 2.95. The summed E-state index contributed by atoms with van der Waals surface area (Å²) in [5, 5.41) is 3.45. The summed E-state index contributed by atoms with van der Waals surface area (Å²) >= 11 is 11.7. The van der Waals surface area contributed by atoms with Crippen LogP contribution >= 0.6 is 23.2 Å². The predicted molar refractivity (Wildman–Crippen MR) is 82.7 cm³/mol. The first-order chi connectivity index (χ1) is 9.90. The molecule has 5 nitrogen and oxygen atoms in total. The summed E-state index contributed by atoms with van der Waals surface area (Å²) in [5.41, 5.74) is 0.266. The number of hydrogen-bond donors (Lipinski definition) is 1. The van der Waals surface area contributed by atoms with Crippen molar-refractivity contribution in [1.82, 2.24) is 4.57 Å². The van der Waals surface area contributed by atoms with E-state index in [9.17, 15) is 9.59 Å². The van der Waals surface area contributed by atoms with Gasteiger partial charge in [0.15, 0.2) is 5.75 Å². The average Bonchev–Trinajstić information content (AvgIpc) is 2.39. The molecule has 0 spiro atoms. The summed E-state index contributed by atoms with van der Waals surface area (Å²) in [7, 11) is 3.03. The second-order valence-electron chi connectivity index (χ2n) is 4.31. The summed E-state index contributed by atoms with van der Waals surface area (Å²) in [4.78, 5) is 23.9. The van der Waals surface area contributed by atoms with Crippen molar-refractivity contribution >= 4 is 34.8 Å². The molecule has 110 valence electrons. The molecule has 0 aliphatic carbocycles. The van der Waals surface area contributed by atoms with E-state index in [0.29, 0.717) is 15.7 Å². The van der Waals surface area contributed by atoms with Crippen LogP contribution < -0.4 is 15.5 Å². The Balaban J connectivity index is 2.32. The lowest BCUT2D eigenvalue weighted by atomic mass is 10.2. The Kier molecular flexibility index (Phi) is 4.55. The number of amides is 1. The zero-order chi connectivity index (χ0) is 15.6. The van der Waals surface area contributed by atoms with E-state index < -0.39 is 5.91 Å². The zero-order valence-corrected chi connectivity index (χ0v) is 12.8. The minimum Gasteiger partial charge on any atom is -0.491 e. The van der Waals surface area contributed by atoms with Gasteiger partial charge in [-0.25, -0.2) is 0 Å². The Labute approximate surface area is 131 Å². The highest BCUT2D eigenvalue weighted by Crippen LogP contribution is 2.22. The monoisotopic (exact) mass is 326 g/mol. The Bertz CT molecular complexity index is 736. The van der Waals surface area contributed by atoms with Crippen molar-refractivity contribution in [2.45, 2.75) is 0 Å². The van der Waals surface area contributed by atoms with Crippen molar-refractivity contribution in [3.63, 3.8) is 0 Å². The molecule has 21 heavy (non-hydrogen) atoms. The van der Waals surface area contributed by atoms with E-state index in [1.807, 2.05) is 0 Å². The third-order valence-electron chi connectivity index (χ3n) is 2.77. The minimum atomic E-state index is -0.449. The van der Waals surface area contributed by atoms with Gasteiger partial charge in [-0.3, -0.25) is 9.59 Å². The summed E-state index contributed by atoms with van der Waals surface area (Å²) in [6.07, 6.45) is 1.45. The van der Waals surface area contributed by atoms with Gasteiger partial charge in [0.1, 0.15) is 5.69 Å². The smallest absolute Gasteiger partial charge is 0.272 e. The van der Waals surface area contributed by atoms with Crippen LogP contribution in [0.2, 0.25) is 10.0 Å². The molecule has 2 rings (SSSR count). The molecular formula is C14H12Cl2N2O3. The molecule has 0 aliphatic rings. The molecule has 0 saturated carbocycles.